The molecular weight excluding hydrogens is 252 g/mol. The largest absolute Gasteiger partial charge is 0.0587 e. The summed E-state index contributed by atoms with van der Waals surface area (Å²) in [7, 11) is 0. The molecule has 0 aliphatic rings. The molecule has 0 saturated carbocycles. The molecule has 3 aromatic carbocycles. The van der Waals surface area contributed by atoms with Crippen LogP contribution in [0.25, 0.3) is 21.9 Å². The van der Waals surface area contributed by atoms with E-state index in [1.165, 1.54) is 33.0 Å². The lowest BCUT2D eigenvalue weighted by Gasteiger charge is -2.19. The Bertz CT molecular complexity index is 771. The van der Waals surface area contributed by atoms with Crippen molar-refractivity contribution in [1.82, 2.24) is 0 Å². The number of fused-ring (bicyclic) bond motifs is 1. The summed E-state index contributed by atoms with van der Waals surface area (Å²) >= 11 is 0. The lowest BCUT2D eigenvalue weighted by Crippen LogP contribution is -2.10. The van der Waals surface area contributed by atoms with Crippen molar-refractivity contribution in [3.8, 4) is 11.1 Å². The minimum Gasteiger partial charge on any atom is -0.0587 e. The van der Waals surface area contributed by atoms with E-state index >= 15 is 0 Å². The highest BCUT2D eigenvalue weighted by Gasteiger charge is 2.13. The molecule has 3 aromatic rings. The first-order chi connectivity index (χ1) is 9.93. The highest BCUT2D eigenvalue weighted by molar-refractivity contribution is 5.87. The monoisotopic (exact) mass is 274 g/mol. The van der Waals surface area contributed by atoms with Crippen LogP contribution in [0.15, 0.2) is 60.7 Å². The maximum atomic E-state index is 2.28. The summed E-state index contributed by atoms with van der Waals surface area (Å²) < 4.78 is 0. The first-order valence-electron chi connectivity index (χ1n) is 7.55. The van der Waals surface area contributed by atoms with E-state index in [4.69, 9.17) is 0 Å². The Morgan fingerprint density at radius 1 is 0.619 bits per heavy atom. The molecule has 0 amide bonds. The zero-order valence-electron chi connectivity index (χ0n) is 13.3. The van der Waals surface area contributed by atoms with Crippen molar-refractivity contribution in [2.45, 2.75) is 33.1 Å². The zero-order chi connectivity index (χ0) is 15.0. The molecule has 106 valence electrons. The second-order valence-corrected chi connectivity index (χ2v) is 6.89. The zero-order valence-corrected chi connectivity index (χ0v) is 13.3. The van der Waals surface area contributed by atoms with E-state index in [0.717, 1.165) is 0 Å². The first-order valence-corrected chi connectivity index (χ1v) is 7.55. The fourth-order valence-corrected chi connectivity index (χ4v) is 2.71. The minimum atomic E-state index is 0.208. The van der Waals surface area contributed by atoms with Gasteiger partial charge in [0.1, 0.15) is 0 Å². The Balaban J connectivity index is 2.02. The van der Waals surface area contributed by atoms with E-state index in [1.54, 1.807) is 0 Å². The number of hydrogen-bond donors (Lipinski definition) is 0. The van der Waals surface area contributed by atoms with E-state index in [1.807, 2.05) is 0 Å². The van der Waals surface area contributed by atoms with E-state index in [-0.39, 0.29) is 5.41 Å². The average molecular weight is 274 g/mol. The molecule has 0 radical (unpaired) electrons. The molecule has 0 heteroatoms. The van der Waals surface area contributed by atoms with Crippen LogP contribution < -0.4 is 0 Å². The highest BCUT2D eigenvalue weighted by Crippen LogP contribution is 2.28. The Morgan fingerprint density at radius 2 is 1.19 bits per heavy atom. The van der Waals surface area contributed by atoms with Gasteiger partial charge in [-0.25, -0.2) is 0 Å². The van der Waals surface area contributed by atoms with Gasteiger partial charge in [0.25, 0.3) is 0 Å². The van der Waals surface area contributed by atoms with Gasteiger partial charge in [-0.2, -0.15) is 0 Å². The van der Waals surface area contributed by atoms with Crippen molar-refractivity contribution in [2.24, 2.45) is 0 Å². The Kier molecular flexibility index (Phi) is 3.33. The summed E-state index contributed by atoms with van der Waals surface area (Å²) in [4.78, 5) is 0. The van der Waals surface area contributed by atoms with Gasteiger partial charge < -0.3 is 0 Å². The molecule has 0 nitrogen and oxygen atoms in total. The summed E-state index contributed by atoms with van der Waals surface area (Å²) in [6.07, 6.45) is 0. The van der Waals surface area contributed by atoms with Gasteiger partial charge in [-0.05, 0) is 45.9 Å². The molecule has 0 aromatic heterocycles. The lowest BCUT2D eigenvalue weighted by atomic mass is 9.86. The molecular formula is C21H22. The van der Waals surface area contributed by atoms with Crippen LogP contribution in [0.4, 0.5) is 0 Å². The van der Waals surface area contributed by atoms with Gasteiger partial charge in [0.2, 0.25) is 0 Å². The molecule has 0 heterocycles. The van der Waals surface area contributed by atoms with Crippen LogP contribution in [0.2, 0.25) is 0 Å². The van der Waals surface area contributed by atoms with Crippen LogP contribution in [-0.2, 0) is 5.41 Å². The second-order valence-electron chi connectivity index (χ2n) is 6.89. The smallest absolute Gasteiger partial charge is 0.0132 e. The summed E-state index contributed by atoms with van der Waals surface area (Å²) in [5.41, 5.74) is 5.46. The van der Waals surface area contributed by atoms with Gasteiger partial charge >= 0.3 is 0 Å². The van der Waals surface area contributed by atoms with Crippen LogP contribution in [0.3, 0.4) is 0 Å². The van der Waals surface area contributed by atoms with Crippen LogP contribution in [-0.4, -0.2) is 0 Å². The maximum Gasteiger partial charge on any atom is -0.0132 e. The molecule has 0 unspecified atom stereocenters. The van der Waals surface area contributed by atoms with E-state index in [2.05, 4.69) is 88.4 Å². The molecule has 21 heavy (non-hydrogen) atoms. The number of benzene rings is 3. The van der Waals surface area contributed by atoms with Gasteiger partial charge in [-0.1, -0.05) is 80.9 Å². The summed E-state index contributed by atoms with van der Waals surface area (Å²) in [6, 6.07) is 22.3. The maximum absolute atomic E-state index is 2.28. The van der Waals surface area contributed by atoms with Crippen molar-refractivity contribution in [2.75, 3.05) is 0 Å². The molecule has 0 N–H and O–H groups in total. The lowest BCUT2D eigenvalue weighted by molar-refractivity contribution is 0.590. The Hall–Kier alpha value is -2.08. The fourth-order valence-electron chi connectivity index (χ4n) is 2.71. The van der Waals surface area contributed by atoms with Gasteiger partial charge in [0.15, 0.2) is 0 Å². The third-order valence-electron chi connectivity index (χ3n) is 4.08. The minimum absolute atomic E-state index is 0.208. The van der Waals surface area contributed by atoms with Crippen LogP contribution >= 0.6 is 0 Å². The first kappa shape index (κ1) is 13.9. The SMILES string of the molecule is Cc1ccc2cc(-c3ccc(C(C)(C)C)cc3)ccc2c1. The third-order valence-corrected chi connectivity index (χ3v) is 4.08. The van der Waals surface area contributed by atoms with Gasteiger partial charge in [0.05, 0.1) is 0 Å². The quantitative estimate of drug-likeness (QED) is 0.502. The van der Waals surface area contributed by atoms with Crippen molar-refractivity contribution in [1.29, 1.82) is 0 Å². The van der Waals surface area contributed by atoms with E-state index in [9.17, 15) is 0 Å². The molecule has 0 saturated heterocycles. The topological polar surface area (TPSA) is 0 Å². The van der Waals surface area contributed by atoms with Crippen molar-refractivity contribution >= 4 is 10.8 Å². The third kappa shape index (κ3) is 2.85. The predicted octanol–water partition coefficient (Wildman–Crippen LogP) is 6.11. The Labute approximate surface area is 127 Å². The predicted molar refractivity (Wildman–Crippen MR) is 92.8 cm³/mol. The molecule has 0 aliphatic heterocycles. The standard InChI is InChI=1S/C21H22/c1-15-5-6-19-14-18(8-7-17(19)13-15)16-9-11-20(12-10-16)21(2,3)4/h5-14H,1-4H3. The summed E-state index contributed by atoms with van der Waals surface area (Å²) in [5.74, 6) is 0. The number of hydrogen-bond acceptors (Lipinski definition) is 0. The summed E-state index contributed by atoms with van der Waals surface area (Å²) in [6.45, 7) is 8.89. The van der Waals surface area contributed by atoms with E-state index < -0.39 is 0 Å². The fraction of sp³-hybridized carbons (Fsp3) is 0.238. The average Bonchev–Trinajstić information content (AvgIpc) is 2.46. The van der Waals surface area contributed by atoms with Crippen molar-refractivity contribution in [3.63, 3.8) is 0 Å². The number of aryl methyl sites for hydroxylation is 1. The van der Waals surface area contributed by atoms with Gasteiger partial charge in [-0.15, -0.1) is 0 Å². The van der Waals surface area contributed by atoms with Crippen LogP contribution in [0.1, 0.15) is 31.9 Å². The van der Waals surface area contributed by atoms with Crippen molar-refractivity contribution in [3.05, 3.63) is 71.8 Å². The van der Waals surface area contributed by atoms with Crippen LogP contribution in [0, 0.1) is 6.92 Å². The van der Waals surface area contributed by atoms with E-state index in [0.29, 0.717) is 0 Å². The molecule has 3 rings (SSSR count). The molecule has 0 bridgehead atoms. The summed E-state index contributed by atoms with van der Waals surface area (Å²) in [5, 5.41) is 2.61. The van der Waals surface area contributed by atoms with Gasteiger partial charge in [-0.3, -0.25) is 0 Å². The van der Waals surface area contributed by atoms with Gasteiger partial charge in [0, 0.05) is 0 Å². The molecule has 0 fully saturated rings. The second kappa shape index (κ2) is 5.04. The normalized spacial score (nSPS) is 11.8. The van der Waals surface area contributed by atoms with Crippen molar-refractivity contribution < 1.29 is 0 Å². The number of rotatable bonds is 1. The highest BCUT2D eigenvalue weighted by atomic mass is 14.2. The molecule has 0 atom stereocenters. The Morgan fingerprint density at radius 3 is 1.86 bits per heavy atom. The molecule has 0 aliphatic carbocycles. The molecule has 0 spiro atoms. The van der Waals surface area contributed by atoms with Crippen LogP contribution in [0.5, 0.6) is 0 Å².